The lowest BCUT2D eigenvalue weighted by atomic mass is 9.87. The Balaban J connectivity index is 1.51. The second-order valence-electron chi connectivity index (χ2n) is 13.2. The van der Waals surface area contributed by atoms with E-state index >= 15 is 0 Å². The predicted octanol–water partition coefficient (Wildman–Crippen LogP) is 10.4. The Labute approximate surface area is 288 Å². The highest BCUT2D eigenvalue weighted by Crippen LogP contribution is 2.24. The van der Waals surface area contributed by atoms with Crippen LogP contribution in [0.1, 0.15) is 144 Å². The molecule has 1 aromatic heterocycles. The quantitative estimate of drug-likeness (QED) is 0.0603. The number of rotatable bonds is 22. The number of aromatic nitrogens is 2. The van der Waals surface area contributed by atoms with Crippen molar-refractivity contribution in [1.82, 2.24) is 9.97 Å². The van der Waals surface area contributed by atoms with E-state index in [4.69, 9.17) is 9.47 Å². The van der Waals surface area contributed by atoms with Crippen molar-refractivity contribution in [3.05, 3.63) is 77.7 Å². The Morgan fingerprint density at radius 3 is 1.83 bits per heavy atom. The first kappa shape index (κ1) is 38.6. The van der Waals surface area contributed by atoms with Gasteiger partial charge in [0.1, 0.15) is 5.75 Å². The van der Waals surface area contributed by atoms with Crippen LogP contribution in [0.3, 0.4) is 0 Å². The van der Waals surface area contributed by atoms with Gasteiger partial charge in [0, 0.05) is 17.7 Å². The monoisotopic (exact) mass is 656 g/mol. The number of hydrogen-bond donors (Lipinski definition) is 0. The molecule has 48 heavy (non-hydrogen) atoms. The Kier molecular flexibility index (Phi) is 17.0. The molecular formula is C41H56N2O5. The normalized spacial score (nSPS) is 12.5. The summed E-state index contributed by atoms with van der Waals surface area (Å²) in [5.74, 6) is -1.02. The van der Waals surface area contributed by atoms with E-state index in [9.17, 15) is 14.4 Å². The number of nitrogens with zero attached hydrogens (tertiary/aromatic N) is 2. The Morgan fingerprint density at radius 1 is 0.667 bits per heavy atom. The number of carbonyl (C=O) groups is 3. The van der Waals surface area contributed by atoms with E-state index < -0.39 is 18.0 Å². The third kappa shape index (κ3) is 12.6. The molecule has 0 N–H and O–H groups in total. The van der Waals surface area contributed by atoms with Gasteiger partial charge in [0.25, 0.3) is 0 Å². The van der Waals surface area contributed by atoms with Gasteiger partial charge in [-0.15, -0.1) is 0 Å². The molecule has 0 saturated carbocycles. The zero-order chi connectivity index (χ0) is 34.7. The highest BCUT2D eigenvalue weighted by molar-refractivity contribution is 5.94. The van der Waals surface area contributed by atoms with Crippen LogP contribution in [0.25, 0.3) is 11.3 Å². The summed E-state index contributed by atoms with van der Waals surface area (Å²) in [6.07, 6.45) is 18.4. The van der Waals surface area contributed by atoms with E-state index in [-0.39, 0.29) is 17.6 Å². The standard InChI is InChI=1S/C41H56N2O5/c1-6-9-11-13-14-15-16-18-31(8-3)38(44)39(30(4)5)48-41(46)34-24-26-36(27-25-34)47-40(45)33-22-20-32(21-23-33)37-29-42-35(28-43-37)19-17-12-10-7-2/h20-31,39H,6-19H2,1-5H3/t31?,39-/m0/s1. The first-order valence-electron chi connectivity index (χ1n) is 18.3. The van der Waals surface area contributed by atoms with E-state index in [1.165, 1.54) is 51.4 Å². The van der Waals surface area contributed by atoms with Crippen molar-refractivity contribution >= 4 is 17.7 Å². The fraction of sp³-hybridized carbons (Fsp3) is 0.537. The van der Waals surface area contributed by atoms with Crippen LogP contribution in [-0.4, -0.2) is 33.8 Å². The van der Waals surface area contributed by atoms with Gasteiger partial charge in [0.15, 0.2) is 11.9 Å². The summed E-state index contributed by atoms with van der Waals surface area (Å²) in [7, 11) is 0. The summed E-state index contributed by atoms with van der Waals surface area (Å²) in [6.45, 7) is 10.3. The van der Waals surface area contributed by atoms with Crippen molar-refractivity contribution in [3.63, 3.8) is 0 Å². The Hall–Kier alpha value is -3.87. The number of hydrogen-bond acceptors (Lipinski definition) is 7. The first-order chi connectivity index (χ1) is 23.3. The van der Waals surface area contributed by atoms with Gasteiger partial charge in [-0.05, 0) is 68.0 Å². The van der Waals surface area contributed by atoms with Crippen molar-refractivity contribution < 1.29 is 23.9 Å². The van der Waals surface area contributed by atoms with Crippen LogP contribution in [0, 0.1) is 11.8 Å². The summed E-state index contributed by atoms with van der Waals surface area (Å²) >= 11 is 0. The third-order valence-corrected chi connectivity index (χ3v) is 8.88. The molecule has 2 atom stereocenters. The van der Waals surface area contributed by atoms with Gasteiger partial charge in [-0.1, -0.05) is 111 Å². The van der Waals surface area contributed by atoms with Crippen LogP contribution in [0.5, 0.6) is 5.75 Å². The van der Waals surface area contributed by atoms with Gasteiger partial charge >= 0.3 is 11.9 Å². The lowest BCUT2D eigenvalue weighted by Crippen LogP contribution is -2.36. The van der Waals surface area contributed by atoms with E-state index in [0.717, 1.165) is 55.5 Å². The molecule has 7 nitrogen and oxygen atoms in total. The lowest BCUT2D eigenvalue weighted by Gasteiger charge is -2.24. The molecular weight excluding hydrogens is 600 g/mol. The highest BCUT2D eigenvalue weighted by atomic mass is 16.5. The highest BCUT2D eigenvalue weighted by Gasteiger charge is 2.31. The molecule has 0 aliphatic carbocycles. The maximum Gasteiger partial charge on any atom is 0.343 e. The molecule has 3 aromatic rings. The van der Waals surface area contributed by atoms with E-state index in [1.54, 1.807) is 42.6 Å². The van der Waals surface area contributed by atoms with E-state index in [1.807, 2.05) is 39.1 Å². The SMILES string of the molecule is CCCCCCCCCC(CC)C(=O)[C@@H](OC(=O)c1ccc(OC(=O)c2ccc(-c3cnc(CCCCCC)cn3)cc2)cc1)C(C)C. The molecule has 0 fully saturated rings. The molecule has 3 rings (SSSR count). The smallest absolute Gasteiger partial charge is 0.343 e. The van der Waals surface area contributed by atoms with E-state index in [2.05, 4.69) is 23.8 Å². The molecule has 1 unspecified atom stereocenters. The second-order valence-corrected chi connectivity index (χ2v) is 13.2. The fourth-order valence-corrected chi connectivity index (χ4v) is 5.80. The van der Waals surface area contributed by atoms with Gasteiger partial charge in [-0.3, -0.25) is 14.8 Å². The molecule has 7 heteroatoms. The van der Waals surface area contributed by atoms with Crippen LogP contribution in [0.15, 0.2) is 60.9 Å². The van der Waals surface area contributed by atoms with E-state index in [0.29, 0.717) is 16.9 Å². The largest absolute Gasteiger partial charge is 0.450 e. The molecule has 1 heterocycles. The predicted molar refractivity (Wildman–Crippen MR) is 192 cm³/mol. The first-order valence-corrected chi connectivity index (χ1v) is 18.3. The van der Waals surface area contributed by atoms with Gasteiger partial charge < -0.3 is 9.47 Å². The minimum atomic E-state index is -0.799. The van der Waals surface area contributed by atoms with Crippen LogP contribution in [0.4, 0.5) is 0 Å². The van der Waals surface area contributed by atoms with Crippen molar-refractivity contribution in [2.24, 2.45) is 11.8 Å². The summed E-state index contributed by atoms with van der Waals surface area (Å²) in [6, 6.07) is 13.3. The molecule has 0 radical (unpaired) electrons. The lowest BCUT2D eigenvalue weighted by molar-refractivity contribution is -0.134. The molecule has 0 saturated heterocycles. The van der Waals surface area contributed by atoms with Crippen molar-refractivity contribution in [2.45, 2.75) is 131 Å². The molecule has 260 valence electrons. The van der Waals surface area contributed by atoms with Crippen molar-refractivity contribution in [1.29, 1.82) is 0 Å². The number of ether oxygens (including phenoxy) is 2. The molecule has 0 spiro atoms. The number of ketones is 1. The number of esters is 2. The molecule has 0 bridgehead atoms. The summed E-state index contributed by atoms with van der Waals surface area (Å²) < 4.78 is 11.3. The molecule has 2 aromatic carbocycles. The molecule has 0 aliphatic rings. The molecule has 0 aliphatic heterocycles. The number of carbonyl (C=O) groups excluding carboxylic acids is 3. The summed E-state index contributed by atoms with van der Waals surface area (Å²) in [4.78, 5) is 48.4. The Bertz CT molecular complexity index is 1380. The Morgan fingerprint density at radius 2 is 1.25 bits per heavy atom. The van der Waals surface area contributed by atoms with Crippen LogP contribution >= 0.6 is 0 Å². The summed E-state index contributed by atoms with van der Waals surface area (Å²) in [5.41, 5.74) is 3.28. The van der Waals surface area contributed by atoms with Crippen LogP contribution in [0.2, 0.25) is 0 Å². The fourth-order valence-electron chi connectivity index (χ4n) is 5.80. The van der Waals surface area contributed by atoms with Crippen molar-refractivity contribution in [2.75, 3.05) is 0 Å². The number of aryl methyl sites for hydroxylation is 1. The average molecular weight is 657 g/mol. The second kappa shape index (κ2) is 21.2. The zero-order valence-electron chi connectivity index (χ0n) is 29.8. The van der Waals surface area contributed by atoms with Crippen molar-refractivity contribution in [3.8, 4) is 17.0 Å². The average Bonchev–Trinajstić information content (AvgIpc) is 3.10. The maximum absolute atomic E-state index is 13.4. The number of Topliss-reactive ketones (excluding diaryl/α,β-unsaturated/α-hetero) is 1. The minimum Gasteiger partial charge on any atom is -0.450 e. The van der Waals surface area contributed by atoms with Gasteiger partial charge in [-0.2, -0.15) is 0 Å². The number of unbranched alkanes of at least 4 members (excludes halogenated alkanes) is 9. The van der Waals surface area contributed by atoms with Gasteiger partial charge in [0.05, 0.1) is 28.7 Å². The topological polar surface area (TPSA) is 95.5 Å². The third-order valence-electron chi connectivity index (χ3n) is 8.88. The van der Waals surface area contributed by atoms with Crippen LogP contribution in [-0.2, 0) is 16.0 Å². The molecule has 0 amide bonds. The van der Waals surface area contributed by atoms with Crippen LogP contribution < -0.4 is 4.74 Å². The zero-order valence-corrected chi connectivity index (χ0v) is 29.8. The van der Waals surface area contributed by atoms with Gasteiger partial charge in [0.2, 0.25) is 0 Å². The van der Waals surface area contributed by atoms with Gasteiger partial charge in [-0.25, -0.2) is 9.59 Å². The summed E-state index contributed by atoms with van der Waals surface area (Å²) in [5, 5.41) is 0. The minimum absolute atomic E-state index is 0.00488. The number of benzene rings is 2. The maximum atomic E-state index is 13.4.